The summed E-state index contributed by atoms with van der Waals surface area (Å²) in [6, 6.07) is 23.3. The Balaban J connectivity index is 1.73. The second kappa shape index (κ2) is 8.48. The molecule has 1 fully saturated rings. The van der Waals surface area contributed by atoms with Gasteiger partial charge in [0.2, 0.25) is 0 Å². The Hall–Kier alpha value is -4.45. The van der Waals surface area contributed by atoms with Gasteiger partial charge in [0.15, 0.2) is 0 Å². The number of benzene rings is 3. The van der Waals surface area contributed by atoms with Gasteiger partial charge in [0.1, 0.15) is 5.76 Å². The molecule has 6 heteroatoms. The van der Waals surface area contributed by atoms with Gasteiger partial charge in [-0.2, -0.15) is 0 Å². The molecule has 6 nitrogen and oxygen atoms in total. The van der Waals surface area contributed by atoms with E-state index in [-0.39, 0.29) is 11.3 Å². The summed E-state index contributed by atoms with van der Waals surface area (Å²) in [7, 11) is 3.87. The Morgan fingerprint density at radius 1 is 0.882 bits per heavy atom. The highest BCUT2D eigenvalue weighted by atomic mass is 16.3. The Labute approximate surface area is 197 Å². The number of amides is 1. The summed E-state index contributed by atoms with van der Waals surface area (Å²) in [5.41, 5.74) is 2.80. The molecule has 34 heavy (non-hydrogen) atoms. The lowest BCUT2D eigenvalue weighted by Crippen LogP contribution is -2.29. The van der Waals surface area contributed by atoms with Crippen LogP contribution in [0.1, 0.15) is 17.2 Å². The van der Waals surface area contributed by atoms with Crippen molar-refractivity contribution in [3.05, 3.63) is 108 Å². The summed E-state index contributed by atoms with van der Waals surface area (Å²) >= 11 is 0. The predicted octanol–water partition coefficient (Wildman–Crippen LogP) is 4.93. The number of aliphatic hydroxyl groups excluding tert-OH is 1. The lowest BCUT2D eigenvalue weighted by atomic mass is 9.93. The molecule has 1 N–H and O–H groups in total. The Kier molecular flexibility index (Phi) is 5.34. The summed E-state index contributed by atoms with van der Waals surface area (Å²) in [5.74, 6) is -1.59. The van der Waals surface area contributed by atoms with E-state index in [9.17, 15) is 14.7 Å². The first kappa shape index (κ1) is 21.4. The highest BCUT2D eigenvalue weighted by molar-refractivity contribution is 6.51. The van der Waals surface area contributed by atoms with Crippen LogP contribution in [-0.2, 0) is 9.59 Å². The average Bonchev–Trinajstić information content (AvgIpc) is 3.14. The molecule has 1 unspecified atom stereocenters. The first-order valence-electron chi connectivity index (χ1n) is 10.9. The van der Waals surface area contributed by atoms with E-state index in [0.717, 1.165) is 16.5 Å². The first-order chi connectivity index (χ1) is 16.5. The van der Waals surface area contributed by atoms with E-state index in [1.54, 1.807) is 30.6 Å². The summed E-state index contributed by atoms with van der Waals surface area (Å²) in [6.45, 7) is 0. The summed E-state index contributed by atoms with van der Waals surface area (Å²) in [5, 5.41) is 13.2. The zero-order chi connectivity index (χ0) is 23.8. The Bertz CT molecular complexity index is 1420. The lowest BCUT2D eigenvalue weighted by molar-refractivity contribution is -0.132. The normalized spacial score (nSPS) is 17.4. The van der Waals surface area contributed by atoms with Crippen molar-refractivity contribution in [2.24, 2.45) is 0 Å². The fourth-order valence-corrected chi connectivity index (χ4v) is 4.45. The van der Waals surface area contributed by atoms with Crippen molar-refractivity contribution in [3.63, 3.8) is 0 Å². The molecule has 1 aliphatic heterocycles. The fourth-order valence-electron chi connectivity index (χ4n) is 4.45. The van der Waals surface area contributed by atoms with Gasteiger partial charge in [-0.05, 0) is 52.7 Å². The average molecular weight is 450 g/mol. The monoisotopic (exact) mass is 449 g/mol. The van der Waals surface area contributed by atoms with Gasteiger partial charge in [-0.15, -0.1) is 0 Å². The van der Waals surface area contributed by atoms with Crippen LogP contribution in [0.15, 0.2) is 96.8 Å². The zero-order valence-electron chi connectivity index (χ0n) is 18.8. The SMILES string of the molecule is CN(C)c1ccc(N2C(=O)C(=O)/C(=C(\O)c3cccc4ccccc34)C2c2ccncc2)cc1. The van der Waals surface area contributed by atoms with Crippen molar-refractivity contribution < 1.29 is 14.7 Å². The van der Waals surface area contributed by atoms with E-state index in [1.165, 1.54) is 4.90 Å². The van der Waals surface area contributed by atoms with Crippen LogP contribution < -0.4 is 9.80 Å². The van der Waals surface area contributed by atoms with Gasteiger partial charge < -0.3 is 10.0 Å². The second-order valence-corrected chi connectivity index (χ2v) is 8.39. The summed E-state index contributed by atoms with van der Waals surface area (Å²) < 4.78 is 0. The van der Waals surface area contributed by atoms with Crippen LogP contribution in [0.2, 0.25) is 0 Å². The van der Waals surface area contributed by atoms with Gasteiger partial charge in [0.05, 0.1) is 11.6 Å². The quantitative estimate of drug-likeness (QED) is 0.272. The van der Waals surface area contributed by atoms with E-state index in [1.807, 2.05) is 79.7 Å². The largest absolute Gasteiger partial charge is 0.507 e. The van der Waals surface area contributed by atoms with Crippen LogP contribution in [0.25, 0.3) is 16.5 Å². The Morgan fingerprint density at radius 2 is 1.56 bits per heavy atom. The highest BCUT2D eigenvalue weighted by Gasteiger charge is 2.47. The van der Waals surface area contributed by atoms with Crippen molar-refractivity contribution in [1.82, 2.24) is 4.98 Å². The van der Waals surface area contributed by atoms with Gasteiger partial charge in [-0.1, -0.05) is 42.5 Å². The topological polar surface area (TPSA) is 73.7 Å². The van der Waals surface area contributed by atoms with Crippen molar-refractivity contribution in [1.29, 1.82) is 0 Å². The van der Waals surface area contributed by atoms with E-state index in [2.05, 4.69) is 4.98 Å². The number of nitrogens with zero attached hydrogens (tertiary/aromatic N) is 3. The van der Waals surface area contributed by atoms with Crippen molar-refractivity contribution in [2.75, 3.05) is 23.9 Å². The zero-order valence-corrected chi connectivity index (χ0v) is 18.8. The van der Waals surface area contributed by atoms with Gasteiger partial charge in [0, 0.05) is 43.4 Å². The molecule has 1 atom stereocenters. The minimum absolute atomic E-state index is 0.0595. The van der Waals surface area contributed by atoms with Crippen LogP contribution in [0.5, 0.6) is 0 Å². The smallest absolute Gasteiger partial charge is 0.300 e. The summed E-state index contributed by atoms with van der Waals surface area (Å²) in [6.07, 6.45) is 3.23. The maximum absolute atomic E-state index is 13.4. The van der Waals surface area contributed by atoms with Crippen molar-refractivity contribution in [3.8, 4) is 0 Å². The van der Waals surface area contributed by atoms with Crippen LogP contribution in [-0.4, -0.2) is 35.9 Å². The maximum Gasteiger partial charge on any atom is 0.300 e. The number of anilines is 2. The molecule has 3 aromatic carbocycles. The predicted molar refractivity (Wildman–Crippen MR) is 134 cm³/mol. The van der Waals surface area contributed by atoms with Gasteiger partial charge in [0.25, 0.3) is 11.7 Å². The first-order valence-corrected chi connectivity index (χ1v) is 10.9. The molecule has 0 aliphatic carbocycles. The maximum atomic E-state index is 13.4. The molecule has 4 aromatic rings. The highest BCUT2D eigenvalue weighted by Crippen LogP contribution is 2.43. The third-order valence-corrected chi connectivity index (χ3v) is 6.16. The van der Waals surface area contributed by atoms with Crippen LogP contribution in [0.4, 0.5) is 11.4 Å². The number of ketones is 1. The molecule has 1 aromatic heterocycles. The van der Waals surface area contributed by atoms with Gasteiger partial charge in [-0.3, -0.25) is 19.5 Å². The Morgan fingerprint density at radius 3 is 2.26 bits per heavy atom. The summed E-state index contributed by atoms with van der Waals surface area (Å²) in [4.78, 5) is 34.2. The van der Waals surface area contributed by atoms with E-state index < -0.39 is 17.7 Å². The lowest BCUT2D eigenvalue weighted by Gasteiger charge is -2.26. The molecule has 0 radical (unpaired) electrons. The standard InChI is InChI=1S/C28H23N3O3/c1-30(2)20-10-12-21(13-11-20)31-25(19-14-16-29-17-15-19)24(27(33)28(31)34)26(32)23-9-5-7-18-6-3-4-8-22(18)23/h3-17,25,32H,1-2H3/b26-24-. The number of carbonyl (C=O) groups excluding carboxylic acids is 2. The van der Waals surface area contributed by atoms with Crippen molar-refractivity contribution >= 4 is 39.6 Å². The van der Waals surface area contributed by atoms with E-state index in [4.69, 9.17) is 0 Å². The molecule has 1 saturated heterocycles. The molecular formula is C28H23N3O3. The molecule has 0 saturated carbocycles. The molecule has 2 heterocycles. The van der Waals surface area contributed by atoms with Crippen LogP contribution >= 0.6 is 0 Å². The molecule has 0 spiro atoms. The third kappa shape index (κ3) is 3.49. The second-order valence-electron chi connectivity index (χ2n) is 8.39. The number of hydrogen-bond acceptors (Lipinski definition) is 5. The van der Waals surface area contributed by atoms with Gasteiger partial charge >= 0.3 is 0 Å². The minimum Gasteiger partial charge on any atom is -0.507 e. The van der Waals surface area contributed by atoms with Gasteiger partial charge in [-0.25, -0.2) is 0 Å². The number of rotatable bonds is 4. The number of pyridine rings is 1. The number of Topliss-reactive ketones (excluding diaryl/α,β-unsaturated/α-hetero) is 1. The van der Waals surface area contributed by atoms with E-state index in [0.29, 0.717) is 16.8 Å². The number of aliphatic hydroxyl groups is 1. The van der Waals surface area contributed by atoms with Crippen LogP contribution in [0.3, 0.4) is 0 Å². The van der Waals surface area contributed by atoms with Crippen LogP contribution in [0, 0.1) is 0 Å². The molecule has 1 amide bonds. The number of fused-ring (bicyclic) bond motifs is 1. The molecule has 1 aliphatic rings. The number of carbonyl (C=O) groups is 2. The molecule has 5 rings (SSSR count). The molecular weight excluding hydrogens is 426 g/mol. The van der Waals surface area contributed by atoms with Crippen molar-refractivity contribution in [2.45, 2.75) is 6.04 Å². The molecule has 168 valence electrons. The fraction of sp³-hybridized carbons (Fsp3) is 0.107. The molecule has 0 bridgehead atoms. The van der Waals surface area contributed by atoms with E-state index >= 15 is 0 Å². The number of hydrogen-bond donors (Lipinski definition) is 1. The minimum atomic E-state index is -0.785. The number of aromatic nitrogens is 1. The third-order valence-electron chi connectivity index (χ3n) is 6.16.